The first-order chi connectivity index (χ1) is 13.8. The molecule has 0 radical (unpaired) electrons. The van der Waals surface area contributed by atoms with E-state index in [1.165, 1.54) is 0 Å². The summed E-state index contributed by atoms with van der Waals surface area (Å²) < 4.78 is 10.8. The molecule has 2 aliphatic heterocycles. The molecular formula is C22H22N2O4. The molecule has 0 saturated heterocycles. The van der Waals surface area contributed by atoms with E-state index in [-0.39, 0.29) is 24.7 Å². The van der Waals surface area contributed by atoms with Gasteiger partial charge in [-0.15, -0.1) is 0 Å². The Bertz CT molecular complexity index is 908. The molecule has 5 rings (SSSR count). The van der Waals surface area contributed by atoms with E-state index in [1.54, 1.807) is 0 Å². The molecule has 1 aliphatic carbocycles. The SMILES string of the molecule is O=C(C1CC1)N(Cc1ccccc1)C[C@H]1CC(c2ccc3c(c2)OCO3)=NO1. The molecule has 144 valence electrons. The van der Waals surface area contributed by atoms with Gasteiger partial charge >= 0.3 is 0 Å². The van der Waals surface area contributed by atoms with Crippen molar-refractivity contribution in [2.75, 3.05) is 13.3 Å². The lowest BCUT2D eigenvalue weighted by Crippen LogP contribution is -2.38. The van der Waals surface area contributed by atoms with E-state index in [0.29, 0.717) is 19.5 Å². The van der Waals surface area contributed by atoms with E-state index in [9.17, 15) is 4.79 Å². The molecule has 2 aromatic rings. The zero-order valence-electron chi connectivity index (χ0n) is 15.5. The van der Waals surface area contributed by atoms with Gasteiger partial charge in [-0.05, 0) is 36.6 Å². The molecule has 1 amide bonds. The van der Waals surface area contributed by atoms with Gasteiger partial charge in [0.15, 0.2) is 17.6 Å². The lowest BCUT2D eigenvalue weighted by molar-refractivity contribution is -0.135. The third-order valence-corrected chi connectivity index (χ3v) is 5.32. The summed E-state index contributed by atoms with van der Waals surface area (Å²) in [6.45, 7) is 1.40. The minimum Gasteiger partial charge on any atom is -0.454 e. The summed E-state index contributed by atoms with van der Waals surface area (Å²) in [5.41, 5.74) is 2.98. The van der Waals surface area contributed by atoms with Gasteiger partial charge in [0.05, 0.1) is 12.3 Å². The predicted molar refractivity (Wildman–Crippen MR) is 103 cm³/mol. The summed E-state index contributed by atoms with van der Waals surface area (Å²) >= 11 is 0. The highest BCUT2D eigenvalue weighted by atomic mass is 16.7. The highest BCUT2D eigenvalue weighted by molar-refractivity contribution is 6.01. The van der Waals surface area contributed by atoms with Crippen molar-refractivity contribution in [3.05, 3.63) is 59.7 Å². The monoisotopic (exact) mass is 378 g/mol. The largest absolute Gasteiger partial charge is 0.454 e. The van der Waals surface area contributed by atoms with Gasteiger partial charge in [0.2, 0.25) is 12.7 Å². The Kier molecular flexibility index (Phi) is 4.39. The molecule has 1 atom stereocenters. The minimum absolute atomic E-state index is 0.133. The molecule has 2 aromatic carbocycles. The van der Waals surface area contributed by atoms with Crippen LogP contribution in [0.15, 0.2) is 53.7 Å². The van der Waals surface area contributed by atoms with Crippen LogP contribution in [0.4, 0.5) is 0 Å². The van der Waals surface area contributed by atoms with Crippen molar-refractivity contribution in [3.63, 3.8) is 0 Å². The number of rotatable bonds is 6. The molecule has 3 aliphatic rings. The summed E-state index contributed by atoms with van der Waals surface area (Å²) in [5, 5.41) is 4.28. The third-order valence-electron chi connectivity index (χ3n) is 5.32. The Morgan fingerprint density at radius 3 is 2.71 bits per heavy atom. The van der Waals surface area contributed by atoms with Crippen LogP contribution in [0.3, 0.4) is 0 Å². The minimum atomic E-state index is -0.133. The van der Waals surface area contributed by atoms with Gasteiger partial charge in [-0.1, -0.05) is 35.5 Å². The lowest BCUT2D eigenvalue weighted by atomic mass is 10.0. The van der Waals surface area contributed by atoms with Gasteiger partial charge in [0.1, 0.15) is 0 Å². The fourth-order valence-electron chi connectivity index (χ4n) is 3.64. The molecule has 6 nitrogen and oxygen atoms in total. The maximum Gasteiger partial charge on any atom is 0.231 e. The van der Waals surface area contributed by atoms with Gasteiger partial charge in [-0.3, -0.25) is 4.79 Å². The van der Waals surface area contributed by atoms with Crippen LogP contribution in [-0.4, -0.2) is 36.0 Å². The van der Waals surface area contributed by atoms with E-state index in [1.807, 2.05) is 41.3 Å². The van der Waals surface area contributed by atoms with Gasteiger partial charge in [0.25, 0.3) is 0 Å². The number of hydrogen-bond acceptors (Lipinski definition) is 5. The van der Waals surface area contributed by atoms with Crippen molar-refractivity contribution >= 4 is 11.6 Å². The van der Waals surface area contributed by atoms with Crippen LogP contribution >= 0.6 is 0 Å². The van der Waals surface area contributed by atoms with E-state index in [2.05, 4.69) is 17.3 Å². The molecule has 28 heavy (non-hydrogen) atoms. The first-order valence-electron chi connectivity index (χ1n) is 9.72. The van der Waals surface area contributed by atoms with Crippen molar-refractivity contribution in [3.8, 4) is 11.5 Å². The second-order valence-corrected chi connectivity index (χ2v) is 7.52. The summed E-state index contributed by atoms with van der Waals surface area (Å²) in [6.07, 6.45) is 2.53. The van der Waals surface area contributed by atoms with E-state index in [0.717, 1.165) is 41.2 Å². The van der Waals surface area contributed by atoms with Crippen molar-refractivity contribution in [1.29, 1.82) is 0 Å². The zero-order valence-corrected chi connectivity index (χ0v) is 15.5. The number of amides is 1. The van der Waals surface area contributed by atoms with Gasteiger partial charge in [0, 0.05) is 24.4 Å². The average Bonchev–Trinajstić information content (AvgIpc) is 3.28. The fourth-order valence-corrected chi connectivity index (χ4v) is 3.64. The smallest absolute Gasteiger partial charge is 0.231 e. The van der Waals surface area contributed by atoms with Crippen molar-refractivity contribution in [2.45, 2.75) is 31.9 Å². The van der Waals surface area contributed by atoms with Crippen LogP contribution in [0.5, 0.6) is 11.5 Å². The number of hydrogen-bond donors (Lipinski definition) is 0. The molecular weight excluding hydrogens is 356 g/mol. The van der Waals surface area contributed by atoms with Crippen LogP contribution in [0.1, 0.15) is 30.4 Å². The summed E-state index contributed by atoms with van der Waals surface area (Å²) in [4.78, 5) is 20.4. The van der Waals surface area contributed by atoms with E-state index < -0.39 is 0 Å². The van der Waals surface area contributed by atoms with Crippen molar-refractivity contribution < 1.29 is 19.1 Å². The van der Waals surface area contributed by atoms with Gasteiger partial charge in [-0.25, -0.2) is 0 Å². The summed E-state index contributed by atoms with van der Waals surface area (Å²) in [5.74, 6) is 1.89. The highest BCUT2D eigenvalue weighted by Gasteiger charge is 2.35. The molecule has 0 spiro atoms. The molecule has 1 saturated carbocycles. The number of oxime groups is 1. The number of carbonyl (C=O) groups is 1. The average molecular weight is 378 g/mol. The first-order valence-corrected chi connectivity index (χ1v) is 9.72. The van der Waals surface area contributed by atoms with Gasteiger partial charge in [-0.2, -0.15) is 0 Å². The second-order valence-electron chi connectivity index (χ2n) is 7.52. The predicted octanol–water partition coefficient (Wildman–Crippen LogP) is 3.35. The number of ether oxygens (including phenoxy) is 2. The third kappa shape index (κ3) is 3.54. The summed E-state index contributed by atoms with van der Waals surface area (Å²) in [7, 11) is 0. The Labute approximate surface area is 163 Å². The van der Waals surface area contributed by atoms with Crippen LogP contribution in [0.25, 0.3) is 0 Å². The van der Waals surface area contributed by atoms with Crippen LogP contribution in [0, 0.1) is 5.92 Å². The maximum atomic E-state index is 12.8. The fraction of sp³-hybridized carbons (Fsp3) is 0.364. The molecule has 0 aromatic heterocycles. The summed E-state index contributed by atoms with van der Waals surface area (Å²) in [6, 6.07) is 15.9. The van der Waals surface area contributed by atoms with Crippen LogP contribution in [0.2, 0.25) is 0 Å². The molecule has 2 heterocycles. The number of benzene rings is 2. The zero-order chi connectivity index (χ0) is 18.9. The Balaban J connectivity index is 1.26. The second kappa shape index (κ2) is 7.19. The lowest BCUT2D eigenvalue weighted by Gasteiger charge is -2.25. The normalized spacial score (nSPS) is 19.9. The maximum absolute atomic E-state index is 12.8. The highest BCUT2D eigenvalue weighted by Crippen LogP contribution is 2.34. The quantitative estimate of drug-likeness (QED) is 0.773. The standard InChI is InChI=1S/C22H22N2O4/c25-22(16-6-7-16)24(12-15-4-2-1-3-5-15)13-18-11-19(23-28-18)17-8-9-20-21(10-17)27-14-26-20/h1-5,8-10,16,18H,6-7,11-14H2/t18-/m1/s1. The topological polar surface area (TPSA) is 60.4 Å². The van der Waals surface area contributed by atoms with E-state index in [4.69, 9.17) is 14.3 Å². The molecule has 0 N–H and O–H groups in total. The molecule has 0 unspecified atom stereocenters. The van der Waals surface area contributed by atoms with E-state index >= 15 is 0 Å². The van der Waals surface area contributed by atoms with Crippen LogP contribution in [-0.2, 0) is 16.2 Å². The Morgan fingerprint density at radius 2 is 1.89 bits per heavy atom. The van der Waals surface area contributed by atoms with Crippen molar-refractivity contribution in [2.24, 2.45) is 11.1 Å². The molecule has 0 bridgehead atoms. The van der Waals surface area contributed by atoms with Crippen LogP contribution < -0.4 is 9.47 Å². The molecule has 6 heteroatoms. The Hall–Kier alpha value is -3.02. The number of carbonyl (C=O) groups excluding carboxylic acids is 1. The number of nitrogens with zero attached hydrogens (tertiary/aromatic N) is 2. The number of fused-ring (bicyclic) bond motifs is 1. The Morgan fingerprint density at radius 1 is 1.07 bits per heavy atom. The van der Waals surface area contributed by atoms with Crippen molar-refractivity contribution in [1.82, 2.24) is 4.90 Å². The first kappa shape index (κ1) is 17.1. The molecule has 1 fully saturated rings. The van der Waals surface area contributed by atoms with Gasteiger partial charge < -0.3 is 19.2 Å².